The summed E-state index contributed by atoms with van der Waals surface area (Å²) in [4.78, 5) is 9.66. The Bertz CT molecular complexity index is 1410. The highest BCUT2D eigenvalue weighted by molar-refractivity contribution is 6.11. The number of nitrogens with zero attached hydrogens (tertiary/aromatic N) is 2. The van der Waals surface area contributed by atoms with Gasteiger partial charge in [0, 0.05) is 23.2 Å². The predicted octanol–water partition coefficient (Wildman–Crippen LogP) is 11.9. The van der Waals surface area contributed by atoms with Gasteiger partial charge in [-0.2, -0.15) is 0 Å². The van der Waals surface area contributed by atoms with Gasteiger partial charge in [-0.05, 0) is 71.2 Å². The van der Waals surface area contributed by atoms with Crippen molar-refractivity contribution in [2.45, 2.75) is 104 Å². The van der Waals surface area contributed by atoms with Crippen molar-refractivity contribution in [1.29, 1.82) is 0 Å². The Morgan fingerprint density at radius 1 is 0.405 bits per heavy atom. The molecule has 0 fully saturated rings. The molecule has 0 bridgehead atoms. The minimum absolute atomic E-state index is 0.975. The molecule has 42 heavy (non-hydrogen) atoms. The van der Waals surface area contributed by atoms with Crippen molar-refractivity contribution in [2.75, 3.05) is 0 Å². The average molecular weight is 557 g/mol. The summed E-state index contributed by atoms with van der Waals surface area (Å²) in [6.07, 6.45) is 22.3. The Balaban J connectivity index is 1.31. The van der Waals surface area contributed by atoms with Crippen LogP contribution in [0.2, 0.25) is 0 Å². The molecule has 0 saturated heterocycles. The zero-order valence-corrected chi connectivity index (χ0v) is 25.9. The van der Waals surface area contributed by atoms with Gasteiger partial charge in [-0.15, -0.1) is 0 Å². The second-order valence-corrected chi connectivity index (χ2v) is 12.0. The third-order valence-electron chi connectivity index (χ3n) is 8.79. The summed E-state index contributed by atoms with van der Waals surface area (Å²) in [6.45, 7) is 4.56. The summed E-state index contributed by atoms with van der Waals surface area (Å²) >= 11 is 0. The van der Waals surface area contributed by atoms with Gasteiger partial charge in [0.2, 0.25) is 0 Å². The van der Waals surface area contributed by atoms with E-state index < -0.39 is 0 Å². The van der Waals surface area contributed by atoms with Crippen LogP contribution in [0.4, 0.5) is 0 Å². The van der Waals surface area contributed by atoms with Gasteiger partial charge in [0.15, 0.2) is 0 Å². The number of hydrogen-bond acceptors (Lipinski definition) is 2. The molecule has 2 heteroatoms. The van der Waals surface area contributed by atoms with E-state index in [9.17, 15) is 0 Å². The fourth-order valence-electron chi connectivity index (χ4n) is 6.25. The van der Waals surface area contributed by atoms with Crippen LogP contribution in [-0.4, -0.2) is 9.97 Å². The fraction of sp³-hybridized carbons (Fsp3) is 0.400. The number of aryl methyl sites for hydroxylation is 2. The van der Waals surface area contributed by atoms with Gasteiger partial charge in [-0.1, -0.05) is 139 Å². The van der Waals surface area contributed by atoms with Crippen LogP contribution in [-0.2, 0) is 12.8 Å². The van der Waals surface area contributed by atoms with E-state index in [1.54, 1.807) is 0 Å². The number of aromatic nitrogens is 2. The van der Waals surface area contributed by atoms with E-state index in [0.29, 0.717) is 0 Å². The summed E-state index contributed by atoms with van der Waals surface area (Å²) in [7, 11) is 0. The molecular formula is C40H48N2. The Kier molecular flexibility index (Phi) is 11.2. The zero-order chi connectivity index (χ0) is 29.0. The van der Waals surface area contributed by atoms with E-state index >= 15 is 0 Å². The van der Waals surface area contributed by atoms with E-state index in [1.165, 1.54) is 123 Å². The van der Waals surface area contributed by atoms with Crippen LogP contribution in [0.3, 0.4) is 0 Å². The molecule has 0 amide bonds. The van der Waals surface area contributed by atoms with Crippen molar-refractivity contribution in [2.24, 2.45) is 0 Å². The lowest BCUT2D eigenvalue weighted by Crippen LogP contribution is -1.91. The van der Waals surface area contributed by atoms with Crippen LogP contribution in [0.5, 0.6) is 0 Å². The first-order valence-corrected chi connectivity index (χ1v) is 16.6. The molecule has 2 heterocycles. The highest BCUT2D eigenvalue weighted by Gasteiger charge is 2.12. The lowest BCUT2D eigenvalue weighted by molar-refractivity contribution is 0.607. The molecule has 0 aliphatic carbocycles. The van der Waals surface area contributed by atoms with Crippen molar-refractivity contribution >= 4 is 21.8 Å². The molecule has 0 unspecified atom stereocenters. The molecule has 2 nitrogen and oxygen atoms in total. The fourth-order valence-corrected chi connectivity index (χ4v) is 6.25. The van der Waals surface area contributed by atoms with Gasteiger partial charge in [-0.3, -0.25) is 9.97 Å². The standard InChI is InChI=1S/C40H48N2/c1-3-5-7-9-11-13-15-31-17-21-33(22-18-31)35-27-29-41-39-37(35)25-26-38-36(28-30-42-40(38)39)34-23-19-32(20-24-34)16-14-12-10-8-6-4-2/h17-30H,3-16H2,1-2H3. The summed E-state index contributed by atoms with van der Waals surface area (Å²) < 4.78 is 0. The Morgan fingerprint density at radius 2 is 0.786 bits per heavy atom. The number of rotatable bonds is 16. The quantitative estimate of drug-likeness (QED) is 0.0892. The summed E-state index contributed by atoms with van der Waals surface area (Å²) in [5.41, 5.74) is 9.74. The van der Waals surface area contributed by atoms with E-state index in [-0.39, 0.29) is 0 Å². The topological polar surface area (TPSA) is 25.8 Å². The van der Waals surface area contributed by atoms with E-state index in [2.05, 4.69) is 86.6 Å². The summed E-state index contributed by atoms with van der Waals surface area (Å²) in [5.74, 6) is 0. The number of benzene rings is 3. The van der Waals surface area contributed by atoms with Crippen LogP contribution in [0.1, 0.15) is 102 Å². The molecular weight excluding hydrogens is 508 g/mol. The van der Waals surface area contributed by atoms with Crippen LogP contribution in [0.15, 0.2) is 85.2 Å². The van der Waals surface area contributed by atoms with Crippen molar-refractivity contribution < 1.29 is 0 Å². The van der Waals surface area contributed by atoms with Crippen molar-refractivity contribution in [3.8, 4) is 22.3 Å². The molecule has 5 rings (SSSR count). The predicted molar refractivity (Wildman–Crippen MR) is 182 cm³/mol. The number of pyridine rings is 2. The molecule has 0 aliphatic rings. The first-order valence-electron chi connectivity index (χ1n) is 16.6. The van der Waals surface area contributed by atoms with E-state index in [4.69, 9.17) is 9.97 Å². The first kappa shape index (κ1) is 30.0. The third kappa shape index (κ3) is 7.65. The van der Waals surface area contributed by atoms with E-state index in [0.717, 1.165) is 21.8 Å². The van der Waals surface area contributed by atoms with Crippen LogP contribution in [0, 0.1) is 0 Å². The maximum absolute atomic E-state index is 4.83. The number of unbranched alkanes of at least 4 members (excludes halogenated alkanes) is 10. The molecule has 3 aromatic carbocycles. The van der Waals surface area contributed by atoms with Gasteiger partial charge < -0.3 is 0 Å². The van der Waals surface area contributed by atoms with Gasteiger partial charge in [0.05, 0.1) is 11.0 Å². The SMILES string of the molecule is CCCCCCCCc1ccc(-c2ccnc3c2ccc2c(-c4ccc(CCCCCCCC)cc4)ccnc23)cc1. The lowest BCUT2D eigenvalue weighted by atomic mass is 9.95. The molecule has 0 N–H and O–H groups in total. The molecule has 0 aliphatic heterocycles. The van der Waals surface area contributed by atoms with Crippen LogP contribution >= 0.6 is 0 Å². The number of fused-ring (bicyclic) bond motifs is 3. The van der Waals surface area contributed by atoms with E-state index in [1.807, 2.05) is 12.4 Å². The van der Waals surface area contributed by atoms with Crippen molar-refractivity contribution in [1.82, 2.24) is 9.97 Å². The molecule has 0 radical (unpaired) electrons. The molecule has 0 spiro atoms. The largest absolute Gasteiger partial charge is 0.254 e. The second kappa shape index (κ2) is 15.6. The van der Waals surface area contributed by atoms with Crippen molar-refractivity contribution in [3.05, 3.63) is 96.3 Å². The molecule has 2 aromatic heterocycles. The van der Waals surface area contributed by atoms with Crippen molar-refractivity contribution in [3.63, 3.8) is 0 Å². The smallest absolute Gasteiger partial charge is 0.0970 e. The Hall–Kier alpha value is -3.52. The Labute approximate surface area is 253 Å². The monoisotopic (exact) mass is 556 g/mol. The van der Waals surface area contributed by atoms with Gasteiger partial charge in [0.1, 0.15) is 0 Å². The molecule has 0 saturated carbocycles. The maximum atomic E-state index is 4.83. The number of hydrogen-bond donors (Lipinski definition) is 0. The van der Waals surface area contributed by atoms with Crippen LogP contribution in [0.25, 0.3) is 44.1 Å². The molecule has 218 valence electrons. The zero-order valence-electron chi connectivity index (χ0n) is 25.9. The lowest BCUT2D eigenvalue weighted by Gasteiger charge is -2.12. The maximum Gasteiger partial charge on any atom is 0.0970 e. The minimum Gasteiger partial charge on any atom is -0.254 e. The van der Waals surface area contributed by atoms with Crippen LogP contribution < -0.4 is 0 Å². The van der Waals surface area contributed by atoms with Gasteiger partial charge in [-0.25, -0.2) is 0 Å². The second-order valence-electron chi connectivity index (χ2n) is 12.0. The first-order chi connectivity index (χ1) is 20.8. The molecule has 0 atom stereocenters. The molecule has 5 aromatic rings. The Morgan fingerprint density at radius 3 is 1.19 bits per heavy atom. The normalized spacial score (nSPS) is 11.5. The van der Waals surface area contributed by atoms with Gasteiger partial charge in [0.25, 0.3) is 0 Å². The summed E-state index contributed by atoms with van der Waals surface area (Å²) in [5, 5.41) is 2.32. The highest BCUT2D eigenvalue weighted by Crippen LogP contribution is 2.35. The minimum atomic E-state index is 0.975. The third-order valence-corrected chi connectivity index (χ3v) is 8.79. The average Bonchev–Trinajstić information content (AvgIpc) is 3.04. The van der Waals surface area contributed by atoms with Gasteiger partial charge >= 0.3 is 0 Å². The highest BCUT2D eigenvalue weighted by atomic mass is 14.7. The summed E-state index contributed by atoms with van der Waals surface area (Å²) in [6, 6.07) is 27.1.